The summed E-state index contributed by atoms with van der Waals surface area (Å²) >= 11 is 6.30. The minimum absolute atomic E-state index is 0.0249. The zero-order valence-electron chi connectivity index (χ0n) is 10.9. The van der Waals surface area contributed by atoms with E-state index >= 15 is 0 Å². The van der Waals surface area contributed by atoms with Crippen molar-refractivity contribution in [2.75, 3.05) is 0 Å². The summed E-state index contributed by atoms with van der Waals surface area (Å²) in [6, 6.07) is 6.87. The Labute approximate surface area is 119 Å². The number of aromatic hydroxyl groups is 1. The first-order valence-electron chi connectivity index (χ1n) is 6.86. The zero-order chi connectivity index (χ0) is 13.7. The summed E-state index contributed by atoms with van der Waals surface area (Å²) in [6.45, 7) is 0. The van der Waals surface area contributed by atoms with Gasteiger partial charge in [-0.2, -0.15) is 0 Å². The highest BCUT2D eigenvalue weighted by atomic mass is 35.5. The maximum absolute atomic E-state index is 12.0. The fraction of sp³-hybridized carbons (Fsp3) is 0.533. The first-order chi connectivity index (χ1) is 9.15. The Morgan fingerprint density at radius 1 is 1.32 bits per heavy atom. The second-order valence-electron chi connectivity index (χ2n) is 5.17. The zero-order valence-corrected chi connectivity index (χ0v) is 11.7. The highest BCUT2D eigenvalue weighted by Crippen LogP contribution is 2.22. The van der Waals surface area contributed by atoms with Crippen molar-refractivity contribution in [1.82, 2.24) is 5.32 Å². The summed E-state index contributed by atoms with van der Waals surface area (Å²) in [7, 11) is 0. The van der Waals surface area contributed by atoms with E-state index in [1.807, 2.05) is 6.07 Å². The van der Waals surface area contributed by atoms with Crippen molar-refractivity contribution in [2.45, 2.75) is 49.9 Å². The third kappa shape index (κ3) is 4.43. The van der Waals surface area contributed by atoms with Crippen LogP contribution in [0, 0.1) is 0 Å². The molecule has 0 heterocycles. The van der Waals surface area contributed by atoms with E-state index in [0.717, 1.165) is 31.2 Å². The Hall–Kier alpha value is -1.22. The standard InChI is InChI=1S/C15H20ClNO2/c16-13-7-2-1-3-8-14(13)17-15(19)10-11-5-4-6-12(18)9-11/h4-6,9,13-14,18H,1-3,7-8,10H2,(H,17,19). The number of phenolic OH excluding ortho intramolecular Hbond substituents is 1. The third-order valence-electron chi connectivity index (χ3n) is 3.55. The van der Waals surface area contributed by atoms with Crippen LogP contribution in [0.3, 0.4) is 0 Å². The molecule has 0 radical (unpaired) electrons. The van der Waals surface area contributed by atoms with Crippen molar-refractivity contribution in [3.8, 4) is 5.75 Å². The van der Waals surface area contributed by atoms with Crippen LogP contribution >= 0.6 is 11.6 Å². The Morgan fingerprint density at radius 3 is 2.89 bits per heavy atom. The molecular formula is C15H20ClNO2. The average Bonchev–Trinajstić information content (AvgIpc) is 2.55. The van der Waals surface area contributed by atoms with Crippen molar-refractivity contribution in [3.05, 3.63) is 29.8 Å². The summed E-state index contributed by atoms with van der Waals surface area (Å²) in [5, 5.41) is 12.4. The fourth-order valence-corrected chi connectivity index (χ4v) is 2.88. The SMILES string of the molecule is O=C(Cc1cccc(O)c1)NC1CCCCCC1Cl. The topological polar surface area (TPSA) is 49.3 Å². The molecule has 3 nitrogen and oxygen atoms in total. The van der Waals surface area contributed by atoms with Crippen LogP contribution in [0.5, 0.6) is 5.75 Å². The molecule has 104 valence electrons. The van der Waals surface area contributed by atoms with Crippen LogP contribution in [0.15, 0.2) is 24.3 Å². The molecule has 2 N–H and O–H groups in total. The Bertz CT molecular complexity index is 436. The van der Waals surface area contributed by atoms with E-state index in [-0.39, 0.29) is 29.5 Å². The number of alkyl halides is 1. The molecular weight excluding hydrogens is 262 g/mol. The molecule has 1 amide bonds. The highest BCUT2D eigenvalue weighted by Gasteiger charge is 2.23. The van der Waals surface area contributed by atoms with Gasteiger partial charge in [0.1, 0.15) is 5.75 Å². The lowest BCUT2D eigenvalue weighted by Gasteiger charge is -2.21. The van der Waals surface area contributed by atoms with E-state index in [2.05, 4.69) is 5.32 Å². The summed E-state index contributed by atoms with van der Waals surface area (Å²) < 4.78 is 0. The molecule has 0 aromatic heterocycles. The minimum atomic E-state index is -0.0249. The lowest BCUT2D eigenvalue weighted by Crippen LogP contribution is -2.41. The number of phenols is 1. The number of carbonyl (C=O) groups excluding carboxylic acids is 1. The van der Waals surface area contributed by atoms with E-state index in [4.69, 9.17) is 11.6 Å². The fourth-order valence-electron chi connectivity index (χ4n) is 2.53. The van der Waals surface area contributed by atoms with Crippen LogP contribution in [-0.4, -0.2) is 22.4 Å². The van der Waals surface area contributed by atoms with Gasteiger partial charge in [-0.25, -0.2) is 0 Å². The van der Waals surface area contributed by atoms with Crippen molar-refractivity contribution in [3.63, 3.8) is 0 Å². The second-order valence-corrected chi connectivity index (χ2v) is 5.74. The predicted octanol–water partition coefficient (Wildman–Crippen LogP) is 2.99. The lowest BCUT2D eigenvalue weighted by molar-refractivity contribution is -0.121. The smallest absolute Gasteiger partial charge is 0.224 e. The molecule has 0 bridgehead atoms. The van der Waals surface area contributed by atoms with Crippen molar-refractivity contribution in [1.29, 1.82) is 0 Å². The molecule has 19 heavy (non-hydrogen) atoms. The number of halogens is 1. The van der Waals surface area contributed by atoms with Crippen LogP contribution in [0.2, 0.25) is 0 Å². The molecule has 1 aliphatic carbocycles. The largest absolute Gasteiger partial charge is 0.508 e. The first-order valence-corrected chi connectivity index (χ1v) is 7.30. The number of hydrogen-bond donors (Lipinski definition) is 2. The van der Waals surface area contributed by atoms with Gasteiger partial charge in [0.05, 0.1) is 11.8 Å². The van der Waals surface area contributed by atoms with Crippen molar-refractivity contribution in [2.24, 2.45) is 0 Å². The summed E-state index contributed by atoms with van der Waals surface area (Å²) in [4.78, 5) is 12.0. The maximum atomic E-state index is 12.0. The molecule has 0 aliphatic heterocycles. The Balaban J connectivity index is 1.89. The number of amides is 1. The number of rotatable bonds is 3. The van der Waals surface area contributed by atoms with Gasteiger partial charge in [0.15, 0.2) is 0 Å². The van der Waals surface area contributed by atoms with E-state index in [1.54, 1.807) is 18.2 Å². The lowest BCUT2D eigenvalue weighted by atomic mass is 10.1. The van der Waals surface area contributed by atoms with Gasteiger partial charge >= 0.3 is 0 Å². The minimum Gasteiger partial charge on any atom is -0.508 e. The number of hydrogen-bond acceptors (Lipinski definition) is 2. The van der Waals surface area contributed by atoms with Gasteiger partial charge in [-0.15, -0.1) is 11.6 Å². The monoisotopic (exact) mass is 281 g/mol. The van der Waals surface area contributed by atoms with Crippen LogP contribution in [0.4, 0.5) is 0 Å². The number of nitrogens with one attached hydrogen (secondary N) is 1. The summed E-state index contributed by atoms with van der Waals surface area (Å²) in [5.41, 5.74) is 0.817. The first kappa shape index (κ1) is 14.2. The van der Waals surface area contributed by atoms with Gasteiger partial charge in [-0.1, -0.05) is 31.4 Å². The van der Waals surface area contributed by atoms with E-state index < -0.39 is 0 Å². The Morgan fingerprint density at radius 2 is 2.11 bits per heavy atom. The summed E-state index contributed by atoms with van der Waals surface area (Å²) in [5.74, 6) is 0.165. The molecule has 1 aromatic rings. The van der Waals surface area contributed by atoms with Gasteiger partial charge in [-0.3, -0.25) is 4.79 Å². The van der Waals surface area contributed by atoms with Crippen molar-refractivity contribution < 1.29 is 9.90 Å². The highest BCUT2D eigenvalue weighted by molar-refractivity contribution is 6.21. The van der Waals surface area contributed by atoms with Crippen LogP contribution < -0.4 is 5.32 Å². The molecule has 0 spiro atoms. The molecule has 4 heteroatoms. The molecule has 1 saturated carbocycles. The van der Waals surface area contributed by atoms with Gasteiger partial charge < -0.3 is 10.4 Å². The molecule has 2 rings (SSSR count). The van der Waals surface area contributed by atoms with Gasteiger partial charge in [0.2, 0.25) is 5.91 Å². The Kier molecular flexibility index (Phi) is 5.08. The van der Waals surface area contributed by atoms with Crippen molar-refractivity contribution >= 4 is 17.5 Å². The quantitative estimate of drug-likeness (QED) is 0.661. The number of carbonyl (C=O) groups is 1. The van der Waals surface area contributed by atoms with Crippen LogP contribution in [0.25, 0.3) is 0 Å². The van der Waals surface area contributed by atoms with E-state index in [0.29, 0.717) is 0 Å². The summed E-state index contributed by atoms with van der Waals surface area (Å²) in [6.07, 6.45) is 5.68. The second kappa shape index (κ2) is 6.80. The molecule has 1 aliphatic rings. The van der Waals surface area contributed by atoms with Gasteiger partial charge in [-0.05, 0) is 30.5 Å². The molecule has 2 atom stereocenters. The normalized spacial score (nSPS) is 23.6. The third-order valence-corrected chi connectivity index (χ3v) is 4.08. The molecule has 1 aromatic carbocycles. The predicted molar refractivity (Wildman–Crippen MR) is 76.5 cm³/mol. The molecule has 2 unspecified atom stereocenters. The average molecular weight is 282 g/mol. The number of benzene rings is 1. The van der Waals surface area contributed by atoms with Crippen LogP contribution in [-0.2, 0) is 11.2 Å². The maximum Gasteiger partial charge on any atom is 0.224 e. The van der Waals surface area contributed by atoms with E-state index in [9.17, 15) is 9.90 Å². The van der Waals surface area contributed by atoms with Gasteiger partial charge in [0, 0.05) is 6.04 Å². The van der Waals surface area contributed by atoms with Gasteiger partial charge in [0.25, 0.3) is 0 Å². The molecule has 1 fully saturated rings. The van der Waals surface area contributed by atoms with Crippen LogP contribution in [0.1, 0.15) is 37.7 Å². The molecule has 0 saturated heterocycles. The van der Waals surface area contributed by atoms with E-state index in [1.165, 1.54) is 6.42 Å².